The largest absolute Gasteiger partial charge is 0.416 e. The van der Waals surface area contributed by atoms with Crippen LogP contribution in [0.15, 0.2) is 30.5 Å². The number of aromatic nitrogens is 3. The minimum absolute atomic E-state index is 0.0901. The molecule has 0 aliphatic carbocycles. The van der Waals surface area contributed by atoms with Gasteiger partial charge in [0.05, 0.1) is 11.3 Å². The second-order valence-corrected chi connectivity index (χ2v) is 7.20. The van der Waals surface area contributed by atoms with Crippen molar-refractivity contribution in [2.24, 2.45) is 5.73 Å². The summed E-state index contributed by atoms with van der Waals surface area (Å²) in [5.41, 5.74) is 6.70. The SMILES string of the molecule is Cc1c([C@@H](N)Nc2nnc(C)c3cnc(N4CCC4)cc23)cccc1C(F)(F)F. The number of alkyl halides is 3. The van der Waals surface area contributed by atoms with Gasteiger partial charge < -0.3 is 16.0 Å². The summed E-state index contributed by atoms with van der Waals surface area (Å²) >= 11 is 0. The molecule has 0 amide bonds. The normalized spacial score (nSPS) is 15.3. The van der Waals surface area contributed by atoms with Gasteiger partial charge in [-0.2, -0.15) is 18.3 Å². The number of nitrogens with one attached hydrogen (secondary N) is 1. The molecule has 3 heterocycles. The molecule has 0 spiro atoms. The third-order valence-corrected chi connectivity index (χ3v) is 5.32. The van der Waals surface area contributed by atoms with E-state index in [2.05, 4.69) is 25.4 Å². The second kappa shape index (κ2) is 7.14. The molecule has 0 radical (unpaired) electrons. The molecule has 0 unspecified atom stereocenters. The number of anilines is 2. The van der Waals surface area contributed by atoms with Crippen LogP contribution in [0.3, 0.4) is 0 Å². The number of hydrogen-bond acceptors (Lipinski definition) is 6. The van der Waals surface area contributed by atoms with E-state index < -0.39 is 17.9 Å². The molecule has 1 fully saturated rings. The summed E-state index contributed by atoms with van der Waals surface area (Å²) in [7, 11) is 0. The van der Waals surface area contributed by atoms with Crippen molar-refractivity contribution >= 4 is 22.4 Å². The molecule has 0 saturated carbocycles. The Hall–Kier alpha value is -2.94. The van der Waals surface area contributed by atoms with E-state index in [9.17, 15) is 13.2 Å². The molecule has 1 atom stereocenters. The Morgan fingerprint density at radius 2 is 1.90 bits per heavy atom. The van der Waals surface area contributed by atoms with Crippen LogP contribution in [0.25, 0.3) is 10.8 Å². The summed E-state index contributed by atoms with van der Waals surface area (Å²) in [6.07, 6.45) is -2.44. The highest BCUT2D eigenvalue weighted by Gasteiger charge is 2.33. The Labute approximate surface area is 165 Å². The smallest absolute Gasteiger partial charge is 0.356 e. The van der Waals surface area contributed by atoms with Gasteiger partial charge in [0, 0.05) is 30.1 Å². The molecule has 2 aromatic heterocycles. The number of nitrogens with zero attached hydrogens (tertiary/aromatic N) is 4. The summed E-state index contributed by atoms with van der Waals surface area (Å²) in [6, 6.07) is 5.92. The van der Waals surface area contributed by atoms with Crippen molar-refractivity contribution in [3.05, 3.63) is 52.8 Å². The molecule has 6 nitrogen and oxygen atoms in total. The van der Waals surface area contributed by atoms with Crippen molar-refractivity contribution < 1.29 is 13.2 Å². The van der Waals surface area contributed by atoms with E-state index >= 15 is 0 Å². The van der Waals surface area contributed by atoms with E-state index in [1.165, 1.54) is 13.0 Å². The predicted octanol–water partition coefficient (Wildman–Crippen LogP) is 3.94. The van der Waals surface area contributed by atoms with E-state index in [0.717, 1.165) is 47.9 Å². The molecule has 0 bridgehead atoms. The highest BCUT2D eigenvalue weighted by Crippen LogP contribution is 2.35. The van der Waals surface area contributed by atoms with Gasteiger partial charge in [0.2, 0.25) is 0 Å². The standard InChI is InChI=1S/C20H21F3N6/c1-11-13(5-3-6-16(11)20(21,22)23)18(24)26-19-14-9-17(29-7-4-8-29)25-10-15(14)12(2)27-28-19/h3,5-6,9-10,18H,4,7-8,24H2,1-2H3,(H,26,28)/t18-/m0/s1. The maximum absolute atomic E-state index is 13.2. The Balaban J connectivity index is 1.71. The van der Waals surface area contributed by atoms with Crippen molar-refractivity contribution in [3.63, 3.8) is 0 Å². The Bertz CT molecular complexity index is 1060. The van der Waals surface area contributed by atoms with Crippen LogP contribution in [0.2, 0.25) is 0 Å². The molecule has 152 valence electrons. The third kappa shape index (κ3) is 3.57. The first-order valence-corrected chi connectivity index (χ1v) is 9.32. The fourth-order valence-electron chi connectivity index (χ4n) is 3.51. The first kappa shape index (κ1) is 19.4. The minimum Gasteiger partial charge on any atom is -0.356 e. The van der Waals surface area contributed by atoms with Crippen LogP contribution in [0, 0.1) is 13.8 Å². The number of halogens is 3. The zero-order chi connectivity index (χ0) is 20.8. The summed E-state index contributed by atoms with van der Waals surface area (Å²) in [6.45, 7) is 5.15. The van der Waals surface area contributed by atoms with E-state index in [0.29, 0.717) is 11.4 Å². The topological polar surface area (TPSA) is 80.0 Å². The number of rotatable bonds is 4. The zero-order valence-electron chi connectivity index (χ0n) is 16.1. The Kier molecular flexibility index (Phi) is 4.77. The van der Waals surface area contributed by atoms with Gasteiger partial charge in [0.15, 0.2) is 5.82 Å². The lowest BCUT2D eigenvalue weighted by Crippen LogP contribution is -2.37. The van der Waals surface area contributed by atoms with Crippen LogP contribution in [0.5, 0.6) is 0 Å². The Morgan fingerprint density at radius 3 is 2.55 bits per heavy atom. The summed E-state index contributed by atoms with van der Waals surface area (Å²) in [4.78, 5) is 6.64. The average Bonchev–Trinajstić information content (AvgIpc) is 2.62. The maximum Gasteiger partial charge on any atom is 0.416 e. The monoisotopic (exact) mass is 402 g/mol. The molecule has 1 aliphatic rings. The minimum atomic E-state index is -4.44. The summed E-state index contributed by atoms with van der Waals surface area (Å²) < 4.78 is 39.7. The average molecular weight is 402 g/mol. The third-order valence-electron chi connectivity index (χ3n) is 5.32. The first-order valence-electron chi connectivity index (χ1n) is 9.32. The fraction of sp³-hybridized carbons (Fsp3) is 0.350. The van der Waals surface area contributed by atoms with Gasteiger partial charge in [0.25, 0.3) is 0 Å². The number of benzene rings is 1. The lowest BCUT2D eigenvalue weighted by atomic mass is 10.00. The molecule has 29 heavy (non-hydrogen) atoms. The number of aryl methyl sites for hydroxylation is 1. The van der Waals surface area contributed by atoms with E-state index in [4.69, 9.17) is 5.73 Å². The molecule has 3 N–H and O–H groups in total. The van der Waals surface area contributed by atoms with Gasteiger partial charge in [-0.3, -0.25) is 0 Å². The lowest BCUT2D eigenvalue weighted by Gasteiger charge is -2.32. The highest BCUT2D eigenvalue weighted by atomic mass is 19.4. The Morgan fingerprint density at radius 1 is 1.14 bits per heavy atom. The van der Waals surface area contributed by atoms with Crippen molar-refractivity contribution in [3.8, 4) is 0 Å². The van der Waals surface area contributed by atoms with Crippen LogP contribution in [0.1, 0.15) is 35.0 Å². The van der Waals surface area contributed by atoms with E-state index in [1.807, 2.05) is 13.0 Å². The summed E-state index contributed by atoms with van der Waals surface area (Å²) in [5.74, 6) is 1.25. The van der Waals surface area contributed by atoms with Gasteiger partial charge in [0.1, 0.15) is 12.0 Å². The number of nitrogens with two attached hydrogens (primary N) is 1. The van der Waals surface area contributed by atoms with Crippen LogP contribution >= 0.6 is 0 Å². The maximum atomic E-state index is 13.2. The second-order valence-electron chi connectivity index (χ2n) is 7.20. The molecular formula is C20H21F3N6. The number of fused-ring (bicyclic) bond motifs is 1. The van der Waals surface area contributed by atoms with Crippen molar-refractivity contribution in [1.82, 2.24) is 15.2 Å². The van der Waals surface area contributed by atoms with Crippen LogP contribution in [-0.2, 0) is 6.18 Å². The van der Waals surface area contributed by atoms with Gasteiger partial charge in [-0.1, -0.05) is 12.1 Å². The molecule has 1 aromatic carbocycles. The van der Waals surface area contributed by atoms with Gasteiger partial charge in [-0.15, -0.1) is 5.10 Å². The van der Waals surface area contributed by atoms with E-state index in [1.54, 1.807) is 12.3 Å². The van der Waals surface area contributed by atoms with Crippen LogP contribution < -0.4 is 16.0 Å². The predicted molar refractivity (Wildman–Crippen MR) is 106 cm³/mol. The lowest BCUT2D eigenvalue weighted by molar-refractivity contribution is -0.138. The van der Waals surface area contributed by atoms with Crippen molar-refractivity contribution in [2.45, 2.75) is 32.6 Å². The van der Waals surface area contributed by atoms with Gasteiger partial charge in [-0.25, -0.2) is 4.98 Å². The quantitative estimate of drug-likeness (QED) is 0.644. The number of pyridine rings is 1. The molecule has 9 heteroatoms. The number of hydrogen-bond donors (Lipinski definition) is 2. The van der Waals surface area contributed by atoms with Crippen molar-refractivity contribution in [1.29, 1.82) is 0 Å². The fourth-order valence-corrected chi connectivity index (χ4v) is 3.51. The first-order chi connectivity index (χ1) is 13.8. The van der Waals surface area contributed by atoms with Gasteiger partial charge >= 0.3 is 6.18 Å². The molecule has 1 saturated heterocycles. The molecule has 4 rings (SSSR count). The van der Waals surface area contributed by atoms with Crippen molar-refractivity contribution in [2.75, 3.05) is 23.3 Å². The molecular weight excluding hydrogens is 381 g/mol. The van der Waals surface area contributed by atoms with E-state index in [-0.39, 0.29) is 5.56 Å². The molecule has 1 aliphatic heterocycles. The van der Waals surface area contributed by atoms with Crippen LogP contribution in [0.4, 0.5) is 24.8 Å². The highest BCUT2D eigenvalue weighted by molar-refractivity contribution is 5.94. The summed E-state index contributed by atoms with van der Waals surface area (Å²) in [5, 5.41) is 13.0. The molecule has 3 aromatic rings. The zero-order valence-corrected chi connectivity index (χ0v) is 16.1. The van der Waals surface area contributed by atoms with Gasteiger partial charge in [-0.05, 0) is 43.5 Å². The van der Waals surface area contributed by atoms with Crippen LogP contribution in [-0.4, -0.2) is 28.3 Å².